The van der Waals surface area contributed by atoms with Gasteiger partial charge in [-0.3, -0.25) is 0 Å². The second-order valence-electron chi connectivity index (χ2n) is 4.88. The van der Waals surface area contributed by atoms with Crippen LogP contribution in [0.15, 0.2) is 18.3 Å². The highest BCUT2D eigenvalue weighted by molar-refractivity contribution is 6.17. The average Bonchev–Trinajstić information content (AvgIpc) is 2.40. The number of nitrogens with zero attached hydrogens (tertiary/aromatic N) is 2. The van der Waals surface area contributed by atoms with E-state index in [9.17, 15) is 0 Å². The summed E-state index contributed by atoms with van der Waals surface area (Å²) in [5, 5.41) is 0. The first-order chi connectivity index (χ1) is 8.33. The Kier molecular flexibility index (Phi) is 4.66. The van der Waals surface area contributed by atoms with Gasteiger partial charge in [-0.15, -0.1) is 11.6 Å². The molecule has 0 unspecified atom stereocenters. The van der Waals surface area contributed by atoms with Crippen molar-refractivity contribution in [3.63, 3.8) is 0 Å². The predicted octanol–water partition coefficient (Wildman–Crippen LogP) is 3.84. The molecule has 1 aromatic heterocycles. The molecule has 1 saturated heterocycles. The maximum Gasteiger partial charge on any atom is 0.128 e. The van der Waals surface area contributed by atoms with Gasteiger partial charge < -0.3 is 4.90 Å². The van der Waals surface area contributed by atoms with Crippen LogP contribution in [0.4, 0.5) is 5.82 Å². The molecule has 3 heteroatoms. The Balaban J connectivity index is 1.95. The van der Waals surface area contributed by atoms with E-state index in [0.717, 1.165) is 30.4 Å². The van der Waals surface area contributed by atoms with Crippen LogP contribution in [0, 0.1) is 5.92 Å². The van der Waals surface area contributed by atoms with Crippen molar-refractivity contribution in [3.8, 4) is 0 Å². The van der Waals surface area contributed by atoms with Crippen LogP contribution in [-0.2, 0) is 5.88 Å². The standard InChI is InChI=1S/C14H21ClN2/c1-2-3-12-5-8-17(9-6-12)14-10-13(11-15)4-7-16-14/h4,7,10,12H,2-3,5-6,8-9,11H2,1H3. The highest BCUT2D eigenvalue weighted by Gasteiger charge is 2.19. The van der Waals surface area contributed by atoms with Crippen LogP contribution in [0.1, 0.15) is 38.2 Å². The number of rotatable bonds is 4. The topological polar surface area (TPSA) is 16.1 Å². The second kappa shape index (κ2) is 6.25. The first kappa shape index (κ1) is 12.7. The van der Waals surface area contributed by atoms with E-state index in [-0.39, 0.29) is 0 Å². The number of piperidine rings is 1. The van der Waals surface area contributed by atoms with Gasteiger partial charge in [0.25, 0.3) is 0 Å². The molecule has 0 bridgehead atoms. The van der Waals surface area contributed by atoms with Crippen LogP contribution in [0.3, 0.4) is 0 Å². The summed E-state index contributed by atoms with van der Waals surface area (Å²) in [4.78, 5) is 6.84. The number of pyridine rings is 1. The molecule has 0 spiro atoms. The van der Waals surface area contributed by atoms with Crippen molar-refractivity contribution in [2.45, 2.75) is 38.5 Å². The smallest absolute Gasteiger partial charge is 0.128 e. The molecule has 0 N–H and O–H groups in total. The maximum absolute atomic E-state index is 5.86. The fraction of sp³-hybridized carbons (Fsp3) is 0.643. The highest BCUT2D eigenvalue weighted by atomic mass is 35.5. The molecule has 1 aliphatic heterocycles. The van der Waals surface area contributed by atoms with Crippen LogP contribution in [-0.4, -0.2) is 18.1 Å². The fourth-order valence-electron chi connectivity index (χ4n) is 2.58. The Hall–Kier alpha value is -0.760. The van der Waals surface area contributed by atoms with Crippen molar-refractivity contribution in [2.75, 3.05) is 18.0 Å². The maximum atomic E-state index is 5.86. The summed E-state index contributed by atoms with van der Waals surface area (Å²) in [7, 11) is 0. The van der Waals surface area contributed by atoms with Gasteiger partial charge in [0.2, 0.25) is 0 Å². The Labute approximate surface area is 109 Å². The number of halogens is 1. The number of hydrogen-bond donors (Lipinski definition) is 0. The number of alkyl halides is 1. The molecule has 94 valence electrons. The lowest BCUT2D eigenvalue weighted by molar-refractivity contribution is 0.377. The zero-order valence-corrected chi connectivity index (χ0v) is 11.3. The summed E-state index contributed by atoms with van der Waals surface area (Å²) < 4.78 is 0. The molecule has 17 heavy (non-hydrogen) atoms. The molecular formula is C14H21ClN2. The first-order valence-electron chi connectivity index (χ1n) is 6.59. The van der Waals surface area contributed by atoms with E-state index < -0.39 is 0 Å². The first-order valence-corrected chi connectivity index (χ1v) is 7.12. The molecular weight excluding hydrogens is 232 g/mol. The minimum Gasteiger partial charge on any atom is -0.357 e. The van der Waals surface area contributed by atoms with E-state index in [0.29, 0.717) is 5.88 Å². The van der Waals surface area contributed by atoms with Crippen molar-refractivity contribution < 1.29 is 0 Å². The SMILES string of the molecule is CCCC1CCN(c2cc(CCl)ccn2)CC1. The monoisotopic (exact) mass is 252 g/mol. The minimum absolute atomic E-state index is 0.571. The molecule has 2 rings (SSSR count). The molecule has 0 amide bonds. The van der Waals surface area contributed by atoms with Gasteiger partial charge in [0, 0.05) is 25.2 Å². The Morgan fingerprint density at radius 2 is 2.18 bits per heavy atom. The summed E-state index contributed by atoms with van der Waals surface area (Å²) >= 11 is 5.86. The van der Waals surface area contributed by atoms with E-state index in [1.54, 1.807) is 0 Å². The summed E-state index contributed by atoms with van der Waals surface area (Å²) in [6.45, 7) is 4.56. The number of hydrogen-bond acceptors (Lipinski definition) is 2. The normalized spacial score (nSPS) is 17.4. The van der Waals surface area contributed by atoms with Gasteiger partial charge in [0.1, 0.15) is 5.82 Å². The average molecular weight is 253 g/mol. The van der Waals surface area contributed by atoms with Crippen molar-refractivity contribution in [2.24, 2.45) is 5.92 Å². The van der Waals surface area contributed by atoms with Gasteiger partial charge in [-0.2, -0.15) is 0 Å². The quantitative estimate of drug-likeness (QED) is 0.757. The van der Waals surface area contributed by atoms with Gasteiger partial charge in [0.15, 0.2) is 0 Å². The van der Waals surface area contributed by atoms with Gasteiger partial charge in [0.05, 0.1) is 0 Å². The molecule has 2 nitrogen and oxygen atoms in total. The van der Waals surface area contributed by atoms with Crippen molar-refractivity contribution >= 4 is 17.4 Å². The predicted molar refractivity (Wildman–Crippen MR) is 73.6 cm³/mol. The molecule has 0 saturated carbocycles. The molecule has 0 aliphatic carbocycles. The third-order valence-corrected chi connectivity index (χ3v) is 3.91. The molecule has 1 aliphatic rings. The molecule has 0 radical (unpaired) electrons. The van der Waals surface area contributed by atoms with Crippen LogP contribution in [0.25, 0.3) is 0 Å². The third kappa shape index (κ3) is 3.35. The lowest BCUT2D eigenvalue weighted by atomic mass is 9.92. The molecule has 1 fully saturated rings. The molecule has 0 atom stereocenters. The summed E-state index contributed by atoms with van der Waals surface area (Å²) in [6.07, 6.45) is 7.17. The fourth-order valence-corrected chi connectivity index (χ4v) is 2.74. The Bertz CT molecular complexity index is 346. The van der Waals surface area contributed by atoms with E-state index in [1.807, 2.05) is 12.3 Å². The van der Waals surface area contributed by atoms with E-state index in [4.69, 9.17) is 11.6 Å². The second-order valence-corrected chi connectivity index (χ2v) is 5.14. The molecule has 2 heterocycles. The van der Waals surface area contributed by atoms with Gasteiger partial charge in [-0.25, -0.2) is 4.98 Å². The third-order valence-electron chi connectivity index (χ3n) is 3.60. The van der Waals surface area contributed by atoms with Crippen LogP contribution < -0.4 is 4.90 Å². The number of aromatic nitrogens is 1. The van der Waals surface area contributed by atoms with E-state index in [1.165, 1.54) is 25.7 Å². The summed E-state index contributed by atoms with van der Waals surface area (Å²) in [5.74, 6) is 2.59. The molecule has 0 aromatic carbocycles. The zero-order chi connectivity index (χ0) is 12.1. The molecule has 1 aromatic rings. The minimum atomic E-state index is 0.571. The number of anilines is 1. The van der Waals surface area contributed by atoms with E-state index >= 15 is 0 Å². The largest absolute Gasteiger partial charge is 0.357 e. The highest BCUT2D eigenvalue weighted by Crippen LogP contribution is 2.25. The van der Waals surface area contributed by atoms with Crippen LogP contribution >= 0.6 is 11.6 Å². The lowest BCUT2D eigenvalue weighted by Gasteiger charge is -2.32. The van der Waals surface area contributed by atoms with Crippen molar-refractivity contribution in [1.82, 2.24) is 4.98 Å². The summed E-state index contributed by atoms with van der Waals surface area (Å²) in [6, 6.07) is 4.10. The van der Waals surface area contributed by atoms with Crippen molar-refractivity contribution in [3.05, 3.63) is 23.9 Å². The van der Waals surface area contributed by atoms with E-state index in [2.05, 4.69) is 22.9 Å². The Morgan fingerprint density at radius 1 is 1.41 bits per heavy atom. The van der Waals surface area contributed by atoms with Gasteiger partial charge >= 0.3 is 0 Å². The Morgan fingerprint density at radius 3 is 2.82 bits per heavy atom. The van der Waals surface area contributed by atoms with Crippen LogP contribution in [0.5, 0.6) is 0 Å². The zero-order valence-electron chi connectivity index (χ0n) is 10.5. The lowest BCUT2D eigenvalue weighted by Crippen LogP contribution is -2.34. The summed E-state index contributed by atoms with van der Waals surface area (Å²) in [5.41, 5.74) is 1.16. The van der Waals surface area contributed by atoms with Gasteiger partial charge in [-0.1, -0.05) is 19.8 Å². The van der Waals surface area contributed by atoms with Crippen molar-refractivity contribution in [1.29, 1.82) is 0 Å². The van der Waals surface area contributed by atoms with Crippen LogP contribution in [0.2, 0.25) is 0 Å². The van der Waals surface area contributed by atoms with Gasteiger partial charge in [-0.05, 0) is 36.5 Å².